The number of urea groups is 1. The number of methoxy groups -OCH3 is 1. The van der Waals surface area contributed by atoms with Crippen molar-refractivity contribution in [3.8, 4) is 5.75 Å². The Morgan fingerprint density at radius 2 is 1.77 bits per heavy atom. The molecule has 6 nitrogen and oxygen atoms in total. The third-order valence-corrected chi connectivity index (χ3v) is 7.29. The van der Waals surface area contributed by atoms with Crippen molar-refractivity contribution in [1.82, 2.24) is 5.32 Å². The first-order valence-electron chi connectivity index (χ1n) is 10.5. The number of nitrogens with one attached hydrogen (secondary N) is 1. The minimum Gasteiger partial charge on any atom is -0.496 e. The number of nitrogens with zero attached hydrogens (tertiary/aromatic N) is 1. The van der Waals surface area contributed by atoms with E-state index in [1.807, 2.05) is 37.3 Å². The van der Waals surface area contributed by atoms with Gasteiger partial charge in [-0.3, -0.25) is 14.9 Å². The van der Waals surface area contributed by atoms with Crippen molar-refractivity contribution < 1.29 is 19.1 Å². The first-order chi connectivity index (χ1) is 16.7. The lowest BCUT2D eigenvalue weighted by Crippen LogP contribution is -2.54. The zero-order valence-electron chi connectivity index (χ0n) is 18.7. The van der Waals surface area contributed by atoms with Crippen LogP contribution in [0, 0.1) is 10.5 Å². The van der Waals surface area contributed by atoms with Crippen molar-refractivity contribution >= 4 is 75.4 Å². The molecule has 1 N–H and O–H groups in total. The quantitative estimate of drug-likeness (QED) is 0.210. The van der Waals surface area contributed by atoms with Gasteiger partial charge in [-0.05, 0) is 82.6 Å². The summed E-state index contributed by atoms with van der Waals surface area (Å²) in [4.78, 5) is 39.2. The maximum absolute atomic E-state index is 13.2. The maximum Gasteiger partial charge on any atom is 0.335 e. The lowest BCUT2D eigenvalue weighted by atomic mass is 10.0. The molecule has 1 aliphatic rings. The highest BCUT2D eigenvalue weighted by Crippen LogP contribution is 2.32. The highest BCUT2D eigenvalue weighted by atomic mass is 127. The van der Waals surface area contributed by atoms with Crippen LogP contribution in [-0.2, 0) is 16.0 Å². The molecule has 178 valence electrons. The molecule has 0 aromatic heterocycles. The number of rotatable bonds is 5. The summed E-state index contributed by atoms with van der Waals surface area (Å²) < 4.78 is 6.48. The van der Waals surface area contributed by atoms with Gasteiger partial charge in [-0.15, -0.1) is 0 Å². The van der Waals surface area contributed by atoms with Crippen molar-refractivity contribution in [3.05, 3.63) is 96.0 Å². The van der Waals surface area contributed by atoms with Gasteiger partial charge in [0.25, 0.3) is 11.8 Å². The molecule has 0 radical (unpaired) electrons. The lowest BCUT2D eigenvalue weighted by Gasteiger charge is -2.26. The van der Waals surface area contributed by atoms with Gasteiger partial charge in [-0.1, -0.05) is 47.5 Å². The Bertz CT molecular complexity index is 1400. The topological polar surface area (TPSA) is 75.7 Å². The number of carbonyl (C=O) groups is 3. The summed E-state index contributed by atoms with van der Waals surface area (Å²) >= 11 is 14.7. The van der Waals surface area contributed by atoms with E-state index < -0.39 is 17.8 Å². The number of barbiturate groups is 1. The van der Waals surface area contributed by atoms with Crippen molar-refractivity contribution in [2.45, 2.75) is 13.3 Å². The molecule has 1 saturated heterocycles. The molecule has 0 bridgehead atoms. The van der Waals surface area contributed by atoms with Crippen LogP contribution >= 0.6 is 45.8 Å². The van der Waals surface area contributed by atoms with Gasteiger partial charge >= 0.3 is 6.03 Å². The Hall–Kier alpha value is -2.88. The standard InChI is InChI=1S/C26H19Cl2IN2O4/c1-14-7-8-17(13-21(14)28)31-25(33)19(24(32)30-26(31)34)9-15-10-22(29)18(23(11-15)35-2)12-16-5-3-4-6-20(16)27/h3-11,13H,12H2,1-2H3,(H,30,32,34)/b19-9+. The van der Waals surface area contributed by atoms with Crippen LogP contribution in [0.25, 0.3) is 6.08 Å². The summed E-state index contributed by atoms with van der Waals surface area (Å²) in [5.74, 6) is -0.929. The fraction of sp³-hybridized carbons (Fsp3) is 0.115. The van der Waals surface area contributed by atoms with E-state index in [9.17, 15) is 14.4 Å². The smallest absolute Gasteiger partial charge is 0.335 e. The molecule has 4 rings (SSSR count). The molecule has 0 spiro atoms. The van der Waals surface area contributed by atoms with Gasteiger partial charge in [-0.2, -0.15) is 0 Å². The molecule has 35 heavy (non-hydrogen) atoms. The highest BCUT2D eigenvalue weighted by Gasteiger charge is 2.37. The van der Waals surface area contributed by atoms with Crippen LogP contribution in [0.1, 0.15) is 22.3 Å². The van der Waals surface area contributed by atoms with E-state index in [2.05, 4.69) is 27.9 Å². The number of hydrogen-bond acceptors (Lipinski definition) is 4. The van der Waals surface area contributed by atoms with Gasteiger partial charge in [0.1, 0.15) is 11.3 Å². The zero-order valence-corrected chi connectivity index (χ0v) is 22.4. The monoisotopic (exact) mass is 620 g/mol. The van der Waals surface area contributed by atoms with Crippen molar-refractivity contribution in [2.75, 3.05) is 12.0 Å². The number of amides is 4. The molecule has 1 fully saturated rings. The summed E-state index contributed by atoms with van der Waals surface area (Å²) in [5, 5.41) is 3.28. The molecule has 0 unspecified atom stereocenters. The second kappa shape index (κ2) is 10.4. The zero-order chi connectivity index (χ0) is 25.3. The summed E-state index contributed by atoms with van der Waals surface area (Å²) in [7, 11) is 1.55. The molecular formula is C26H19Cl2IN2O4. The maximum atomic E-state index is 13.2. The lowest BCUT2D eigenvalue weighted by molar-refractivity contribution is -0.122. The molecule has 3 aromatic rings. The molecule has 9 heteroatoms. The van der Waals surface area contributed by atoms with Gasteiger partial charge in [0.05, 0.1) is 12.8 Å². The van der Waals surface area contributed by atoms with Gasteiger partial charge in [-0.25, -0.2) is 9.69 Å². The van der Waals surface area contributed by atoms with Crippen LogP contribution < -0.4 is 15.0 Å². The number of halogens is 3. The fourth-order valence-electron chi connectivity index (χ4n) is 3.68. The van der Waals surface area contributed by atoms with E-state index in [0.29, 0.717) is 27.8 Å². The Kier molecular flexibility index (Phi) is 7.49. The van der Waals surface area contributed by atoms with E-state index in [0.717, 1.165) is 25.2 Å². The number of hydrogen-bond donors (Lipinski definition) is 1. The molecule has 0 saturated carbocycles. The average molecular weight is 621 g/mol. The first-order valence-corrected chi connectivity index (χ1v) is 12.3. The molecule has 1 aliphatic heterocycles. The van der Waals surface area contributed by atoms with Crippen LogP contribution in [0.5, 0.6) is 5.75 Å². The van der Waals surface area contributed by atoms with Crippen LogP contribution in [0.3, 0.4) is 0 Å². The summed E-state index contributed by atoms with van der Waals surface area (Å²) in [5.41, 5.74) is 3.33. The molecule has 0 aliphatic carbocycles. The summed E-state index contributed by atoms with van der Waals surface area (Å²) in [6, 6.07) is 15.1. The molecule has 0 atom stereocenters. The number of carbonyl (C=O) groups excluding carboxylic acids is 3. The molecule has 4 amide bonds. The summed E-state index contributed by atoms with van der Waals surface area (Å²) in [6.07, 6.45) is 1.99. The predicted octanol–water partition coefficient (Wildman–Crippen LogP) is 6.17. The fourth-order valence-corrected chi connectivity index (χ4v) is 4.87. The molecule has 1 heterocycles. The third kappa shape index (κ3) is 5.22. The first kappa shape index (κ1) is 25.2. The average Bonchev–Trinajstić information content (AvgIpc) is 2.81. The van der Waals surface area contributed by atoms with Crippen molar-refractivity contribution in [2.24, 2.45) is 0 Å². The Balaban J connectivity index is 1.72. The van der Waals surface area contributed by atoms with Crippen LogP contribution in [-0.4, -0.2) is 25.0 Å². The third-order valence-electron chi connectivity index (χ3n) is 5.55. The van der Waals surface area contributed by atoms with Crippen LogP contribution in [0.4, 0.5) is 10.5 Å². The minimum atomic E-state index is -0.834. The molecular weight excluding hydrogens is 602 g/mol. The number of imide groups is 2. The minimum absolute atomic E-state index is 0.182. The summed E-state index contributed by atoms with van der Waals surface area (Å²) in [6.45, 7) is 1.81. The van der Waals surface area contributed by atoms with Crippen LogP contribution in [0.2, 0.25) is 10.0 Å². The number of benzene rings is 3. The van der Waals surface area contributed by atoms with E-state index in [1.54, 1.807) is 25.3 Å². The number of anilines is 1. The number of ether oxygens (including phenoxy) is 1. The van der Waals surface area contributed by atoms with E-state index in [1.165, 1.54) is 12.1 Å². The Morgan fingerprint density at radius 1 is 1.03 bits per heavy atom. The van der Waals surface area contributed by atoms with E-state index in [-0.39, 0.29) is 11.3 Å². The SMILES string of the molecule is COc1cc(/C=C2\C(=O)NC(=O)N(c3ccc(C)c(Cl)c3)C2=O)cc(I)c1Cc1ccccc1Cl. The number of aryl methyl sites for hydroxylation is 1. The van der Waals surface area contributed by atoms with Gasteiger partial charge in [0.2, 0.25) is 0 Å². The second-order valence-corrected chi connectivity index (χ2v) is 9.82. The van der Waals surface area contributed by atoms with Gasteiger partial charge < -0.3 is 4.74 Å². The van der Waals surface area contributed by atoms with Crippen molar-refractivity contribution in [1.29, 1.82) is 0 Å². The van der Waals surface area contributed by atoms with E-state index in [4.69, 9.17) is 27.9 Å². The van der Waals surface area contributed by atoms with E-state index >= 15 is 0 Å². The Labute approximate surface area is 226 Å². The van der Waals surface area contributed by atoms with Gasteiger partial charge in [0, 0.05) is 25.6 Å². The van der Waals surface area contributed by atoms with Crippen LogP contribution in [0.15, 0.2) is 60.2 Å². The largest absolute Gasteiger partial charge is 0.496 e. The predicted molar refractivity (Wildman–Crippen MR) is 145 cm³/mol. The highest BCUT2D eigenvalue weighted by molar-refractivity contribution is 14.1. The van der Waals surface area contributed by atoms with Crippen molar-refractivity contribution in [3.63, 3.8) is 0 Å². The van der Waals surface area contributed by atoms with Gasteiger partial charge in [0.15, 0.2) is 0 Å². The Morgan fingerprint density at radius 3 is 2.46 bits per heavy atom. The normalized spacial score (nSPS) is 14.9. The second-order valence-electron chi connectivity index (χ2n) is 7.84. The molecule has 3 aromatic carbocycles.